The van der Waals surface area contributed by atoms with Gasteiger partial charge in [0.1, 0.15) is 11.5 Å². The maximum atomic E-state index is 13.0. The monoisotopic (exact) mass is 344 g/mol. The molecule has 3 unspecified atom stereocenters. The summed E-state index contributed by atoms with van der Waals surface area (Å²) in [5.41, 5.74) is 2.23. The molecular formula is C19H21FN2O3. The normalized spacial score (nSPS) is 26.0. The van der Waals surface area contributed by atoms with Gasteiger partial charge in [-0.1, -0.05) is 12.1 Å². The molecule has 0 radical (unpaired) electrons. The summed E-state index contributed by atoms with van der Waals surface area (Å²) in [7, 11) is 0. The molecule has 1 aromatic carbocycles. The second kappa shape index (κ2) is 6.98. The molecule has 1 aliphatic heterocycles. The van der Waals surface area contributed by atoms with Crippen molar-refractivity contribution in [3.8, 4) is 11.1 Å². The van der Waals surface area contributed by atoms with E-state index in [9.17, 15) is 9.18 Å². The SMILES string of the molecule is O=C(NC1CCC2OCCOC2C1)c1cc(-c2ccc(F)cc2)c[nH]1. The fraction of sp³-hybridized carbons (Fsp3) is 0.421. The first-order chi connectivity index (χ1) is 12.2. The van der Waals surface area contributed by atoms with Crippen LogP contribution in [0.2, 0.25) is 0 Å². The number of carbonyl (C=O) groups excluding carboxylic acids is 1. The van der Waals surface area contributed by atoms with Crippen molar-refractivity contribution in [2.75, 3.05) is 13.2 Å². The number of halogens is 1. The highest BCUT2D eigenvalue weighted by Crippen LogP contribution is 2.27. The number of hydrogen-bond donors (Lipinski definition) is 2. The Hall–Kier alpha value is -2.18. The van der Waals surface area contributed by atoms with Gasteiger partial charge in [0.25, 0.3) is 5.91 Å². The molecule has 25 heavy (non-hydrogen) atoms. The van der Waals surface area contributed by atoms with Gasteiger partial charge in [-0.2, -0.15) is 0 Å². The number of aromatic nitrogens is 1. The van der Waals surface area contributed by atoms with E-state index in [1.54, 1.807) is 24.4 Å². The van der Waals surface area contributed by atoms with Crippen molar-refractivity contribution < 1.29 is 18.7 Å². The summed E-state index contributed by atoms with van der Waals surface area (Å²) in [5, 5.41) is 3.08. The van der Waals surface area contributed by atoms with Crippen LogP contribution in [0.5, 0.6) is 0 Å². The van der Waals surface area contributed by atoms with Crippen LogP contribution >= 0.6 is 0 Å². The summed E-state index contributed by atoms with van der Waals surface area (Å²) in [6.07, 6.45) is 4.57. The van der Waals surface area contributed by atoms with Gasteiger partial charge in [-0.15, -0.1) is 0 Å². The zero-order chi connectivity index (χ0) is 17.2. The van der Waals surface area contributed by atoms with Crippen LogP contribution in [-0.2, 0) is 9.47 Å². The van der Waals surface area contributed by atoms with Gasteiger partial charge in [0.15, 0.2) is 0 Å². The second-order valence-electron chi connectivity index (χ2n) is 6.61. The lowest BCUT2D eigenvalue weighted by Gasteiger charge is -2.39. The highest BCUT2D eigenvalue weighted by molar-refractivity contribution is 5.94. The average molecular weight is 344 g/mol. The van der Waals surface area contributed by atoms with Crippen LogP contribution in [0.1, 0.15) is 29.8 Å². The summed E-state index contributed by atoms with van der Waals surface area (Å²) in [4.78, 5) is 15.5. The molecule has 2 heterocycles. The van der Waals surface area contributed by atoms with E-state index in [0.29, 0.717) is 18.9 Å². The number of hydrogen-bond acceptors (Lipinski definition) is 3. The lowest BCUT2D eigenvalue weighted by atomic mass is 9.89. The average Bonchev–Trinajstić information content (AvgIpc) is 3.12. The highest BCUT2D eigenvalue weighted by Gasteiger charge is 2.34. The van der Waals surface area contributed by atoms with Crippen molar-refractivity contribution in [3.63, 3.8) is 0 Å². The van der Waals surface area contributed by atoms with Gasteiger partial charge < -0.3 is 19.8 Å². The van der Waals surface area contributed by atoms with E-state index in [4.69, 9.17) is 9.47 Å². The zero-order valence-electron chi connectivity index (χ0n) is 13.8. The van der Waals surface area contributed by atoms with E-state index in [1.165, 1.54) is 12.1 Å². The molecule has 2 aliphatic rings. The van der Waals surface area contributed by atoms with E-state index in [-0.39, 0.29) is 30.0 Å². The summed E-state index contributed by atoms with van der Waals surface area (Å²) in [5.74, 6) is -0.407. The molecule has 0 bridgehead atoms. The molecule has 1 aromatic heterocycles. The number of H-pyrrole nitrogens is 1. The number of rotatable bonds is 3. The number of fused-ring (bicyclic) bond motifs is 1. The van der Waals surface area contributed by atoms with E-state index < -0.39 is 0 Å². The third-order valence-electron chi connectivity index (χ3n) is 4.92. The molecular weight excluding hydrogens is 323 g/mol. The summed E-state index contributed by atoms with van der Waals surface area (Å²) in [6.45, 7) is 1.28. The van der Waals surface area contributed by atoms with Crippen molar-refractivity contribution in [2.45, 2.75) is 37.5 Å². The lowest BCUT2D eigenvalue weighted by molar-refractivity contribution is -0.157. The Bertz CT molecular complexity index is 743. The van der Waals surface area contributed by atoms with E-state index in [2.05, 4.69) is 10.3 Å². The minimum atomic E-state index is -0.276. The minimum Gasteiger partial charge on any atom is -0.373 e. The smallest absolute Gasteiger partial charge is 0.267 e. The van der Waals surface area contributed by atoms with E-state index in [0.717, 1.165) is 30.4 Å². The van der Waals surface area contributed by atoms with Gasteiger partial charge in [0.05, 0.1) is 25.4 Å². The predicted molar refractivity (Wildman–Crippen MR) is 90.8 cm³/mol. The maximum Gasteiger partial charge on any atom is 0.267 e. The Kier molecular flexibility index (Phi) is 4.55. The van der Waals surface area contributed by atoms with E-state index in [1.807, 2.05) is 0 Å². The number of nitrogens with one attached hydrogen (secondary N) is 2. The third-order valence-corrected chi connectivity index (χ3v) is 4.92. The molecule has 3 atom stereocenters. The molecule has 2 aromatic rings. The lowest BCUT2D eigenvalue weighted by Crippen LogP contribution is -2.49. The van der Waals surface area contributed by atoms with Gasteiger partial charge >= 0.3 is 0 Å². The highest BCUT2D eigenvalue weighted by atomic mass is 19.1. The maximum absolute atomic E-state index is 13.0. The van der Waals surface area contributed by atoms with Crippen molar-refractivity contribution >= 4 is 5.91 Å². The van der Waals surface area contributed by atoms with Crippen LogP contribution in [0.25, 0.3) is 11.1 Å². The first kappa shape index (κ1) is 16.3. The fourth-order valence-corrected chi connectivity index (χ4v) is 3.60. The van der Waals surface area contributed by atoms with Crippen LogP contribution in [0.4, 0.5) is 4.39 Å². The first-order valence-electron chi connectivity index (χ1n) is 8.67. The minimum absolute atomic E-state index is 0.0752. The molecule has 6 heteroatoms. The Morgan fingerprint density at radius 1 is 1.08 bits per heavy atom. The molecule has 5 nitrogen and oxygen atoms in total. The molecule has 1 saturated carbocycles. The number of amides is 1. The van der Waals surface area contributed by atoms with E-state index >= 15 is 0 Å². The Labute approximate surface area is 145 Å². The van der Waals surface area contributed by atoms with Crippen LogP contribution in [0.15, 0.2) is 36.5 Å². The van der Waals surface area contributed by atoms with Gasteiger partial charge in [0.2, 0.25) is 0 Å². The Morgan fingerprint density at radius 3 is 2.64 bits per heavy atom. The molecule has 0 spiro atoms. The van der Waals surface area contributed by atoms with Gasteiger partial charge in [-0.25, -0.2) is 4.39 Å². The van der Waals surface area contributed by atoms with Crippen molar-refractivity contribution in [2.24, 2.45) is 0 Å². The predicted octanol–water partition coefficient (Wildman–Crippen LogP) is 2.89. The third kappa shape index (κ3) is 3.60. The number of carbonyl (C=O) groups is 1. The number of aromatic amines is 1. The van der Waals surface area contributed by atoms with Crippen molar-refractivity contribution in [1.82, 2.24) is 10.3 Å². The van der Waals surface area contributed by atoms with Gasteiger partial charge in [-0.3, -0.25) is 4.79 Å². The largest absolute Gasteiger partial charge is 0.373 e. The molecule has 2 fully saturated rings. The Morgan fingerprint density at radius 2 is 1.84 bits per heavy atom. The molecule has 2 N–H and O–H groups in total. The second-order valence-corrected chi connectivity index (χ2v) is 6.61. The number of ether oxygens (including phenoxy) is 2. The van der Waals surface area contributed by atoms with Crippen molar-refractivity contribution in [1.29, 1.82) is 0 Å². The van der Waals surface area contributed by atoms with Crippen molar-refractivity contribution in [3.05, 3.63) is 48.0 Å². The van der Waals surface area contributed by atoms with Crippen LogP contribution in [0.3, 0.4) is 0 Å². The zero-order valence-corrected chi connectivity index (χ0v) is 13.8. The summed E-state index contributed by atoms with van der Waals surface area (Å²) in [6, 6.07) is 8.09. The van der Waals surface area contributed by atoms with Crippen LogP contribution < -0.4 is 5.32 Å². The van der Waals surface area contributed by atoms with Crippen LogP contribution in [-0.4, -0.2) is 42.4 Å². The summed E-state index contributed by atoms with van der Waals surface area (Å²) >= 11 is 0. The first-order valence-corrected chi connectivity index (χ1v) is 8.67. The topological polar surface area (TPSA) is 63.4 Å². The Balaban J connectivity index is 1.39. The quantitative estimate of drug-likeness (QED) is 0.900. The van der Waals surface area contributed by atoms with Crippen LogP contribution in [0, 0.1) is 5.82 Å². The molecule has 4 rings (SSSR count). The number of benzene rings is 1. The molecule has 1 aliphatic carbocycles. The summed E-state index contributed by atoms with van der Waals surface area (Å²) < 4.78 is 24.5. The molecule has 1 amide bonds. The molecule has 132 valence electrons. The van der Waals surface area contributed by atoms with Gasteiger partial charge in [0, 0.05) is 12.2 Å². The van der Waals surface area contributed by atoms with Gasteiger partial charge in [-0.05, 0) is 48.6 Å². The fourth-order valence-electron chi connectivity index (χ4n) is 3.60. The standard InChI is InChI=1S/C19H21FN2O3/c20-14-3-1-12(2-4-14)13-9-16(21-11-13)19(23)22-15-5-6-17-18(10-15)25-8-7-24-17/h1-4,9,11,15,17-18,21H,5-8,10H2,(H,22,23). The molecule has 1 saturated heterocycles.